The van der Waals surface area contributed by atoms with Crippen molar-refractivity contribution in [3.8, 4) is 5.75 Å². The van der Waals surface area contributed by atoms with E-state index in [0.29, 0.717) is 16.5 Å². The Morgan fingerprint density at radius 2 is 2.04 bits per heavy atom. The number of hydrogen-bond acceptors (Lipinski definition) is 4. The van der Waals surface area contributed by atoms with Gasteiger partial charge in [-0.25, -0.2) is 8.42 Å². The third-order valence-corrected chi connectivity index (χ3v) is 8.26. The van der Waals surface area contributed by atoms with Crippen LogP contribution in [0.25, 0.3) is 0 Å². The number of allylic oxidation sites excluding steroid dienone is 2. The first-order valence-electron chi connectivity index (χ1n) is 9.87. The molecule has 2 aliphatic rings. The molecule has 1 aromatic rings. The van der Waals surface area contributed by atoms with E-state index in [2.05, 4.69) is 28.9 Å². The Morgan fingerprint density at radius 3 is 2.67 bits per heavy atom. The van der Waals surface area contributed by atoms with Crippen LogP contribution in [0.1, 0.15) is 70.8 Å². The van der Waals surface area contributed by atoms with Crippen molar-refractivity contribution in [3.63, 3.8) is 0 Å². The van der Waals surface area contributed by atoms with Gasteiger partial charge in [0.25, 0.3) is 0 Å². The number of aliphatic imine (C=N–C) groups is 1. The fourth-order valence-corrected chi connectivity index (χ4v) is 6.44. The van der Waals surface area contributed by atoms with E-state index in [9.17, 15) is 13.5 Å². The van der Waals surface area contributed by atoms with Gasteiger partial charge in [0.05, 0.1) is 26.4 Å². The molecule has 27 heavy (non-hydrogen) atoms. The van der Waals surface area contributed by atoms with Crippen molar-refractivity contribution in [1.29, 1.82) is 0 Å². The largest absolute Gasteiger partial charge is 0.507 e. The zero-order valence-electron chi connectivity index (χ0n) is 16.1. The molecule has 1 unspecified atom stereocenters. The third-order valence-electron chi connectivity index (χ3n) is 5.70. The van der Waals surface area contributed by atoms with Gasteiger partial charge in [0.2, 0.25) is 0 Å². The van der Waals surface area contributed by atoms with E-state index in [1.54, 1.807) is 6.07 Å². The molecule has 1 atom stereocenters. The number of sulfone groups is 1. The molecule has 1 aromatic carbocycles. The maximum atomic E-state index is 13.3. The molecule has 1 heterocycles. The van der Waals surface area contributed by atoms with Crippen LogP contribution < -0.4 is 0 Å². The van der Waals surface area contributed by atoms with Crippen LogP contribution in [0, 0.1) is 0 Å². The van der Waals surface area contributed by atoms with Crippen LogP contribution in [-0.4, -0.2) is 30.5 Å². The maximum absolute atomic E-state index is 13.3. The summed E-state index contributed by atoms with van der Waals surface area (Å²) in [5.41, 5.74) is 1.97. The molecule has 0 amide bonds. The molecule has 1 aliphatic heterocycles. The third kappa shape index (κ3) is 4.16. The lowest BCUT2D eigenvalue weighted by molar-refractivity contribution is 0.406. The summed E-state index contributed by atoms with van der Waals surface area (Å²) in [4.78, 5) is 5.37. The first kappa shape index (κ1) is 20.6. The normalized spacial score (nSPS) is 24.6. The summed E-state index contributed by atoms with van der Waals surface area (Å²) in [6, 6.07) is 3.11. The van der Waals surface area contributed by atoms with E-state index < -0.39 is 15.4 Å². The summed E-state index contributed by atoms with van der Waals surface area (Å²) in [5, 5.41) is 10.2. The lowest BCUT2D eigenvalue weighted by atomic mass is 9.88. The average molecular weight is 454 g/mol. The lowest BCUT2D eigenvalue weighted by Gasteiger charge is -2.28. The van der Waals surface area contributed by atoms with Crippen LogP contribution in [0.15, 0.2) is 38.1 Å². The number of phenols is 1. The molecule has 0 bridgehead atoms. The molecule has 0 saturated heterocycles. The van der Waals surface area contributed by atoms with Gasteiger partial charge in [-0.1, -0.05) is 32.8 Å². The first-order valence-corrected chi connectivity index (χ1v) is 12.3. The number of rotatable bonds is 5. The molecule has 1 N–H and O–H groups in total. The summed E-state index contributed by atoms with van der Waals surface area (Å²) in [5.74, 6) is -0.0479. The predicted octanol–water partition coefficient (Wildman–Crippen LogP) is 5.57. The predicted molar refractivity (Wildman–Crippen MR) is 113 cm³/mol. The number of fused-ring (bicyclic) bond motifs is 1. The van der Waals surface area contributed by atoms with Gasteiger partial charge in [0, 0.05) is 11.6 Å². The maximum Gasteiger partial charge on any atom is 0.181 e. The van der Waals surface area contributed by atoms with Crippen molar-refractivity contribution in [2.45, 2.75) is 75.6 Å². The van der Waals surface area contributed by atoms with Gasteiger partial charge in [0.1, 0.15) is 5.75 Å². The van der Waals surface area contributed by atoms with Crippen LogP contribution in [0.2, 0.25) is 0 Å². The second kappa shape index (κ2) is 8.08. The summed E-state index contributed by atoms with van der Waals surface area (Å²) in [6.45, 7) is 4.15. The van der Waals surface area contributed by atoms with Crippen LogP contribution in [0.5, 0.6) is 5.75 Å². The van der Waals surface area contributed by atoms with Crippen LogP contribution in [-0.2, 0) is 9.84 Å². The van der Waals surface area contributed by atoms with Crippen molar-refractivity contribution >= 4 is 31.5 Å². The van der Waals surface area contributed by atoms with Crippen molar-refractivity contribution in [1.82, 2.24) is 0 Å². The summed E-state index contributed by atoms with van der Waals surface area (Å²) in [7, 11) is -3.56. The van der Waals surface area contributed by atoms with E-state index in [4.69, 9.17) is 4.99 Å². The highest BCUT2D eigenvalue weighted by Crippen LogP contribution is 2.40. The Balaban J connectivity index is 2.28. The van der Waals surface area contributed by atoms with Gasteiger partial charge < -0.3 is 5.11 Å². The van der Waals surface area contributed by atoms with Crippen LogP contribution in [0.3, 0.4) is 0 Å². The molecular weight excluding hydrogens is 426 g/mol. The van der Waals surface area contributed by atoms with E-state index >= 15 is 0 Å². The van der Waals surface area contributed by atoms with Gasteiger partial charge in [-0.3, -0.25) is 4.99 Å². The highest BCUT2D eigenvalue weighted by atomic mass is 79.9. The average Bonchev–Trinajstić information content (AvgIpc) is 2.75. The van der Waals surface area contributed by atoms with Gasteiger partial charge in [-0.2, -0.15) is 0 Å². The Kier molecular flexibility index (Phi) is 6.16. The van der Waals surface area contributed by atoms with Gasteiger partial charge in [-0.15, -0.1) is 0 Å². The Bertz CT molecular complexity index is 889. The van der Waals surface area contributed by atoms with E-state index in [1.165, 1.54) is 6.07 Å². The van der Waals surface area contributed by atoms with Crippen molar-refractivity contribution < 1.29 is 13.5 Å². The first-order chi connectivity index (χ1) is 12.8. The summed E-state index contributed by atoms with van der Waals surface area (Å²) < 4.78 is 27.1. The highest BCUT2D eigenvalue weighted by molar-refractivity contribution is 9.10. The van der Waals surface area contributed by atoms with Crippen molar-refractivity contribution in [2.75, 3.05) is 5.75 Å². The molecule has 0 fully saturated rings. The van der Waals surface area contributed by atoms with Crippen molar-refractivity contribution in [3.05, 3.63) is 33.8 Å². The van der Waals surface area contributed by atoms with Gasteiger partial charge in [-0.05, 0) is 66.1 Å². The molecule has 0 aromatic heterocycles. The topological polar surface area (TPSA) is 66.7 Å². The fourth-order valence-electron chi connectivity index (χ4n) is 4.04. The zero-order valence-corrected chi connectivity index (χ0v) is 18.5. The molecule has 6 heteroatoms. The number of halogens is 1. The second-order valence-corrected chi connectivity index (χ2v) is 10.5. The highest BCUT2D eigenvalue weighted by Gasteiger charge is 2.40. The molecule has 4 nitrogen and oxygen atoms in total. The minimum Gasteiger partial charge on any atom is -0.507 e. The van der Waals surface area contributed by atoms with Crippen LogP contribution >= 0.6 is 15.9 Å². The molecule has 148 valence electrons. The standard InChI is InChI=1S/C21H28BrNO3S/c1-3-5-11-21(4-2)14-27(25,26)19-13-18(24)17(22)12-16(19)20(23-21)15-9-7-6-8-10-15/h9,12-13,24H,3-8,10-11,14H2,1-2H3. The Labute approximate surface area is 170 Å². The minimum absolute atomic E-state index is 0.00134. The molecule has 3 rings (SSSR count). The molecule has 0 saturated carbocycles. The van der Waals surface area contributed by atoms with Crippen molar-refractivity contribution in [2.24, 2.45) is 4.99 Å². The van der Waals surface area contributed by atoms with Gasteiger partial charge >= 0.3 is 0 Å². The monoisotopic (exact) mass is 453 g/mol. The molecule has 1 aliphatic carbocycles. The smallest absolute Gasteiger partial charge is 0.181 e. The SMILES string of the molecule is CCCCC1(CC)CS(=O)(=O)c2cc(O)c(Br)cc2C(C2=CCCCC2)=N1. The summed E-state index contributed by atoms with van der Waals surface area (Å²) >= 11 is 3.36. The number of phenolic OH excluding ortho intramolecular Hbond substituents is 1. The fraction of sp³-hybridized carbons (Fsp3) is 0.571. The number of aromatic hydroxyl groups is 1. The van der Waals surface area contributed by atoms with E-state index in [-0.39, 0.29) is 16.4 Å². The summed E-state index contributed by atoms with van der Waals surface area (Å²) in [6.07, 6.45) is 9.80. The second-order valence-electron chi connectivity index (χ2n) is 7.68. The Morgan fingerprint density at radius 1 is 1.26 bits per heavy atom. The quantitative estimate of drug-likeness (QED) is 0.633. The number of benzene rings is 1. The van der Waals surface area contributed by atoms with E-state index in [1.807, 2.05) is 6.92 Å². The van der Waals surface area contributed by atoms with E-state index in [0.717, 1.165) is 56.2 Å². The zero-order chi connectivity index (χ0) is 19.7. The number of nitrogens with zero attached hydrogens (tertiary/aromatic N) is 1. The minimum atomic E-state index is -3.56. The van der Waals surface area contributed by atoms with Crippen LogP contribution in [0.4, 0.5) is 0 Å². The molecule has 0 spiro atoms. The lowest BCUT2D eigenvalue weighted by Crippen LogP contribution is -2.34. The molecule has 0 radical (unpaired) electrons. The number of unbranched alkanes of at least 4 members (excludes halogenated alkanes) is 1. The molecular formula is C21H28BrNO3S. The van der Waals surface area contributed by atoms with Gasteiger partial charge in [0.15, 0.2) is 9.84 Å². The Hall–Kier alpha value is -1.14. The number of hydrogen-bond donors (Lipinski definition) is 1.